The average molecular weight is 310 g/mol. The van der Waals surface area contributed by atoms with E-state index in [9.17, 15) is 9.90 Å². The molecule has 5 nitrogen and oxygen atoms in total. The lowest BCUT2D eigenvalue weighted by atomic mass is 10.2. The molecule has 1 saturated heterocycles. The summed E-state index contributed by atoms with van der Waals surface area (Å²) < 4.78 is 5.55. The maximum Gasteiger partial charge on any atom is 0.266 e. The normalized spacial score (nSPS) is 17.1. The third kappa shape index (κ3) is 2.95. The highest BCUT2D eigenvalue weighted by Gasteiger charge is 2.31. The summed E-state index contributed by atoms with van der Waals surface area (Å²) in [6.07, 6.45) is 1.72. The Balaban J connectivity index is 2.28. The molecule has 0 spiro atoms. The first-order valence-electron chi connectivity index (χ1n) is 5.89. The molecule has 1 aromatic rings. The third-order valence-electron chi connectivity index (χ3n) is 2.73. The number of carbonyl (C=O) groups excluding carboxylic acids is 1. The van der Waals surface area contributed by atoms with Gasteiger partial charge in [-0.1, -0.05) is 30.0 Å². The lowest BCUT2D eigenvalue weighted by molar-refractivity contribution is -0.122. The van der Waals surface area contributed by atoms with E-state index in [-0.39, 0.29) is 11.7 Å². The summed E-state index contributed by atoms with van der Waals surface area (Å²) >= 11 is 6.40. The third-order valence-corrected chi connectivity index (χ3v) is 4.11. The summed E-state index contributed by atoms with van der Waals surface area (Å²) in [7, 11) is 1.47. The zero-order valence-corrected chi connectivity index (χ0v) is 12.5. The molecule has 0 aliphatic carbocycles. The van der Waals surface area contributed by atoms with Crippen LogP contribution in [0.3, 0.4) is 0 Å². The van der Waals surface area contributed by atoms with Crippen LogP contribution >= 0.6 is 24.0 Å². The monoisotopic (exact) mass is 310 g/mol. The minimum atomic E-state index is -0.141. The van der Waals surface area contributed by atoms with E-state index in [4.69, 9.17) is 22.7 Å². The van der Waals surface area contributed by atoms with E-state index >= 15 is 0 Å². The van der Waals surface area contributed by atoms with Crippen LogP contribution in [0.2, 0.25) is 0 Å². The Kier molecular flexibility index (Phi) is 4.64. The number of benzene rings is 1. The van der Waals surface area contributed by atoms with Crippen LogP contribution in [0, 0.1) is 0 Å². The molecule has 2 rings (SSSR count). The van der Waals surface area contributed by atoms with E-state index in [0.717, 1.165) is 5.56 Å². The Hall–Kier alpha value is -1.57. The zero-order chi connectivity index (χ0) is 14.7. The van der Waals surface area contributed by atoms with Crippen molar-refractivity contribution in [1.29, 1.82) is 0 Å². The highest BCUT2D eigenvalue weighted by molar-refractivity contribution is 8.26. The number of hydrogen-bond donors (Lipinski definition) is 2. The van der Waals surface area contributed by atoms with Gasteiger partial charge in [0.15, 0.2) is 11.5 Å². The first kappa shape index (κ1) is 14.8. The minimum Gasteiger partial charge on any atom is -0.504 e. The number of phenols is 1. The van der Waals surface area contributed by atoms with Gasteiger partial charge in [0.05, 0.1) is 12.0 Å². The molecule has 0 saturated carbocycles. The van der Waals surface area contributed by atoms with Crippen LogP contribution in [0.25, 0.3) is 6.08 Å². The molecular formula is C13H14N2O3S2. The van der Waals surface area contributed by atoms with E-state index in [0.29, 0.717) is 28.1 Å². The highest BCUT2D eigenvalue weighted by atomic mass is 32.2. The molecule has 0 aromatic heterocycles. The molecular weight excluding hydrogens is 296 g/mol. The SMILES string of the molecule is COc1cc(/C=C2/SC(=S)N(CCN)C2=O)ccc1O. The summed E-state index contributed by atoms with van der Waals surface area (Å²) in [5.74, 6) is 0.272. The molecule has 1 aliphatic heterocycles. The topological polar surface area (TPSA) is 75.8 Å². The molecule has 0 atom stereocenters. The summed E-state index contributed by atoms with van der Waals surface area (Å²) in [6, 6.07) is 4.88. The number of thiocarbonyl (C=S) groups is 1. The number of methoxy groups -OCH3 is 1. The Morgan fingerprint density at radius 2 is 2.30 bits per heavy atom. The second kappa shape index (κ2) is 6.25. The maximum absolute atomic E-state index is 12.1. The molecule has 1 aliphatic rings. The minimum absolute atomic E-state index is 0.0559. The number of nitrogens with two attached hydrogens (primary N) is 1. The number of amides is 1. The van der Waals surface area contributed by atoms with Crippen molar-refractivity contribution in [3.8, 4) is 11.5 Å². The molecule has 106 valence electrons. The summed E-state index contributed by atoms with van der Waals surface area (Å²) in [5.41, 5.74) is 6.22. The van der Waals surface area contributed by atoms with E-state index < -0.39 is 0 Å². The zero-order valence-electron chi connectivity index (χ0n) is 10.8. The fraction of sp³-hybridized carbons (Fsp3) is 0.231. The van der Waals surface area contributed by atoms with Crippen LogP contribution in [0.4, 0.5) is 0 Å². The van der Waals surface area contributed by atoms with Crippen molar-refractivity contribution >= 4 is 40.3 Å². The molecule has 0 radical (unpaired) electrons. The summed E-state index contributed by atoms with van der Waals surface area (Å²) in [4.78, 5) is 14.2. The maximum atomic E-state index is 12.1. The van der Waals surface area contributed by atoms with Gasteiger partial charge >= 0.3 is 0 Å². The number of thioether (sulfide) groups is 1. The van der Waals surface area contributed by atoms with Gasteiger partial charge in [-0.15, -0.1) is 0 Å². The van der Waals surface area contributed by atoms with Crippen LogP contribution in [0.15, 0.2) is 23.1 Å². The number of hydrogen-bond acceptors (Lipinski definition) is 6. The summed E-state index contributed by atoms with van der Waals surface area (Å²) in [6.45, 7) is 0.785. The number of nitrogens with zero attached hydrogens (tertiary/aromatic N) is 1. The van der Waals surface area contributed by atoms with Gasteiger partial charge in [0, 0.05) is 13.1 Å². The number of aromatic hydroxyl groups is 1. The van der Waals surface area contributed by atoms with Crippen LogP contribution in [-0.4, -0.2) is 40.4 Å². The molecule has 0 bridgehead atoms. The predicted molar refractivity (Wildman–Crippen MR) is 83.6 cm³/mol. The highest BCUT2D eigenvalue weighted by Crippen LogP contribution is 2.34. The van der Waals surface area contributed by atoms with Gasteiger partial charge < -0.3 is 15.6 Å². The first-order chi connectivity index (χ1) is 9.56. The number of rotatable bonds is 4. The molecule has 7 heteroatoms. The smallest absolute Gasteiger partial charge is 0.266 e. The Morgan fingerprint density at radius 1 is 1.55 bits per heavy atom. The van der Waals surface area contributed by atoms with Crippen LogP contribution in [0.5, 0.6) is 11.5 Å². The van der Waals surface area contributed by atoms with Gasteiger partial charge in [0.2, 0.25) is 0 Å². The second-order valence-corrected chi connectivity index (χ2v) is 5.73. The first-order valence-corrected chi connectivity index (χ1v) is 7.11. The second-order valence-electron chi connectivity index (χ2n) is 4.05. The van der Waals surface area contributed by atoms with Crippen LogP contribution < -0.4 is 10.5 Å². The summed E-state index contributed by atoms with van der Waals surface area (Å²) in [5, 5.41) is 9.54. The van der Waals surface area contributed by atoms with Gasteiger partial charge in [-0.3, -0.25) is 9.69 Å². The molecule has 1 amide bonds. The van der Waals surface area contributed by atoms with Gasteiger partial charge in [-0.25, -0.2) is 0 Å². The van der Waals surface area contributed by atoms with Crippen molar-refractivity contribution < 1.29 is 14.6 Å². The fourth-order valence-corrected chi connectivity index (χ4v) is 3.07. The van der Waals surface area contributed by atoms with E-state index in [1.807, 2.05) is 0 Å². The van der Waals surface area contributed by atoms with Gasteiger partial charge in [-0.05, 0) is 23.8 Å². The fourth-order valence-electron chi connectivity index (χ4n) is 1.76. The molecule has 1 heterocycles. The Morgan fingerprint density at radius 3 is 2.95 bits per heavy atom. The molecule has 20 heavy (non-hydrogen) atoms. The van der Waals surface area contributed by atoms with Crippen molar-refractivity contribution in [2.45, 2.75) is 0 Å². The predicted octanol–water partition coefficient (Wildman–Crippen LogP) is 1.56. The van der Waals surface area contributed by atoms with Crippen molar-refractivity contribution in [2.24, 2.45) is 5.73 Å². The number of ether oxygens (including phenoxy) is 1. The molecule has 1 fully saturated rings. The molecule has 0 unspecified atom stereocenters. The van der Waals surface area contributed by atoms with Gasteiger partial charge in [0.1, 0.15) is 4.32 Å². The van der Waals surface area contributed by atoms with Crippen molar-refractivity contribution in [1.82, 2.24) is 4.90 Å². The Bertz CT molecular complexity index is 587. The van der Waals surface area contributed by atoms with Crippen molar-refractivity contribution in [3.63, 3.8) is 0 Å². The quantitative estimate of drug-likeness (QED) is 0.649. The molecule has 3 N–H and O–H groups in total. The lowest BCUT2D eigenvalue weighted by Crippen LogP contribution is -2.32. The number of phenolic OH excluding ortho intramolecular Hbond substituents is 1. The van der Waals surface area contributed by atoms with E-state index in [1.54, 1.807) is 18.2 Å². The van der Waals surface area contributed by atoms with Crippen LogP contribution in [0.1, 0.15) is 5.56 Å². The Labute approximate surface area is 126 Å². The molecule has 1 aromatic carbocycles. The van der Waals surface area contributed by atoms with E-state index in [2.05, 4.69) is 0 Å². The average Bonchev–Trinajstić information content (AvgIpc) is 2.69. The van der Waals surface area contributed by atoms with Gasteiger partial charge in [0.25, 0.3) is 5.91 Å². The van der Waals surface area contributed by atoms with Gasteiger partial charge in [-0.2, -0.15) is 0 Å². The number of carbonyl (C=O) groups is 1. The largest absolute Gasteiger partial charge is 0.504 e. The lowest BCUT2D eigenvalue weighted by Gasteiger charge is -2.11. The van der Waals surface area contributed by atoms with E-state index in [1.165, 1.54) is 29.8 Å². The standard InChI is InChI=1S/C13H14N2O3S2/c1-18-10-6-8(2-3-9(10)16)7-11-12(17)15(5-4-14)13(19)20-11/h2-3,6-7,16H,4-5,14H2,1H3/b11-7+. The van der Waals surface area contributed by atoms with Crippen molar-refractivity contribution in [3.05, 3.63) is 28.7 Å². The van der Waals surface area contributed by atoms with Crippen LogP contribution in [-0.2, 0) is 4.79 Å². The van der Waals surface area contributed by atoms with Crippen molar-refractivity contribution in [2.75, 3.05) is 20.2 Å².